The van der Waals surface area contributed by atoms with E-state index < -0.39 is 6.10 Å². The van der Waals surface area contributed by atoms with E-state index in [4.69, 9.17) is 16.3 Å². The highest BCUT2D eigenvalue weighted by atomic mass is 35.5. The molecule has 1 N–H and O–H groups in total. The third-order valence-corrected chi connectivity index (χ3v) is 3.32. The molecule has 3 heteroatoms. The van der Waals surface area contributed by atoms with Crippen LogP contribution >= 0.6 is 11.6 Å². The molecule has 2 nitrogen and oxygen atoms in total. The first-order chi connectivity index (χ1) is 9.10. The quantitative estimate of drug-likeness (QED) is 0.873. The van der Waals surface area contributed by atoms with Crippen LogP contribution in [0, 0.1) is 0 Å². The number of halogens is 1. The predicted molar refractivity (Wildman–Crippen MR) is 78.0 cm³/mol. The van der Waals surface area contributed by atoms with Crippen LogP contribution in [0.5, 0.6) is 11.5 Å². The van der Waals surface area contributed by atoms with E-state index >= 15 is 0 Å². The Kier molecular flexibility index (Phi) is 4.46. The van der Waals surface area contributed by atoms with Crippen molar-refractivity contribution in [2.45, 2.75) is 26.4 Å². The second kappa shape index (κ2) is 6.09. The molecule has 0 saturated carbocycles. The zero-order valence-electron chi connectivity index (χ0n) is 11.1. The molecule has 0 saturated heterocycles. The van der Waals surface area contributed by atoms with Crippen molar-refractivity contribution in [3.05, 3.63) is 58.6 Å². The molecule has 2 aromatic carbocycles. The molecule has 0 aliphatic heterocycles. The number of aliphatic hydroxyl groups is 1. The van der Waals surface area contributed by atoms with E-state index in [9.17, 15) is 5.11 Å². The Morgan fingerprint density at radius 3 is 2.26 bits per heavy atom. The highest BCUT2D eigenvalue weighted by Gasteiger charge is 2.08. The number of aliphatic hydroxyl groups excluding tert-OH is 1. The molecule has 19 heavy (non-hydrogen) atoms. The highest BCUT2D eigenvalue weighted by molar-refractivity contribution is 6.31. The molecule has 0 aliphatic carbocycles. The van der Waals surface area contributed by atoms with Gasteiger partial charge in [0.1, 0.15) is 11.5 Å². The lowest BCUT2D eigenvalue weighted by Gasteiger charge is -2.10. The lowest BCUT2D eigenvalue weighted by molar-refractivity contribution is 0.199. The lowest BCUT2D eigenvalue weighted by Crippen LogP contribution is -1.93. The van der Waals surface area contributed by atoms with E-state index in [1.165, 1.54) is 5.56 Å². The molecule has 0 radical (unpaired) electrons. The van der Waals surface area contributed by atoms with Crippen LogP contribution < -0.4 is 4.74 Å². The predicted octanol–water partition coefficient (Wildman–Crippen LogP) is 4.75. The van der Waals surface area contributed by atoms with E-state index in [-0.39, 0.29) is 0 Å². The zero-order chi connectivity index (χ0) is 13.8. The van der Waals surface area contributed by atoms with Gasteiger partial charge in [-0.15, -0.1) is 0 Å². The molecule has 2 rings (SSSR count). The first kappa shape index (κ1) is 13.9. The summed E-state index contributed by atoms with van der Waals surface area (Å²) in [4.78, 5) is 0. The fourth-order valence-corrected chi connectivity index (χ4v) is 2.17. The van der Waals surface area contributed by atoms with Gasteiger partial charge < -0.3 is 9.84 Å². The van der Waals surface area contributed by atoms with Gasteiger partial charge in [0.15, 0.2) is 0 Å². The molecule has 2 aromatic rings. The fourth-order valence-electron chi connectivity index (χ4n) is 1.84. The summed E-state index contributed by atoms with van der Waals surface area (Å²) < 4.78 is 5.73. The van der Waals surface area contributed by atoms with Gasteiger partial charge in [0.05, 0.1) is 11.1 Å². The molecule has 0 heterocycles. The van der Waals surface area contributed by atoms with Crippen molar-refractivity contribution < 1.29 is 9.84 Å². The normalized spacial score (nSPS) is 12.2. The molecule has 0 aromatic heterocycles. The van der Waals surface area contributed by atoms with Crippen LogP contribution in [0.3, 0.4) is 0 Å². The monoisotopic (exact) mass is 276 g/mol. The van der Waals surface area contributed by atoms with Crippen molar-refractivity contribution in [2.75, 3.05) is 0 Å². The Bertz CT molecular complexity index is 547. The summed E-state index contributed by atoms with van der Waals surface area (Å²) in [5, 5.41) is 10.0. The molecular formula is C16H17ClO2. The molecule has 0 spiro atoms. The number of ether oxygens (including phenoxy) is 1. The molecule has 1 unspecified atom stereocenters. The van der Waals surface area contributed by atoms with E-state index in [0.717, 1.165) is 12.2 Å². The van der Waals surface area contributed by atoms with Crippen LogP contribution in [0.4, 0.5) is 0 Å². The Hall–Kier alpha value is -1.51. The van der Waals surface area contributed by atoms with E-state index in [0.29, 0.717) is 16.3 Å². The third-order valence-electron chi connectivity index (χ3n) is 2.99. The summed E-state index contributed by atoms with van der Waals surface area (Å²) in [6, 6.07) is 13.3. The molecule has 1 atom stereocenters. The van der Waals surface area contributed by atoms with Gasteiger partial charge in [-0.25, -0.2) is 0 Å². The maximum Gasteiger partial charge on any atom is 0.128 e. The Labute approximate surface area is 118 Å². The Balaban J connectivity index is 2.16. The summed E-state index contributed by atoms with van der Waals surface area (Å²) in [6.45, 7) is 3.80. The Morgan fingerprint density at radius 1 is 1.11 bits per heavy atom. The molecular weight excluding hydrogens is 260 g/mol. The first-order valence-corrected chi connectivity index (χ1v) is 6.72. The van der Waals surface area contributed by atoms with Gasteiger partial charge in [0.25, 0.3) is 0 Å². The van der Waals surface area contributed by atoms with Gasteiger partial charge in [0.2, 0.25) is 0 Å². The van der Waals surface area contributed by atoms with Gasteiger partial charge in [-0.1, -0.05) is 36.7 Å². The van der Waals surface area contributed by atoms with Crippen LogP contribution in [-0.4, -0.2) is 5.11 Å². The minimum atomic E-state index is -0.578. The average molecular weight is 277 g/mol. The number of rotatable bonds is 4. The van der Waals surface area contributed by atoms with Gasteiger partial charge >= 0.3 is 0 Å². The minimum Gasteiger partial charge on any atom is -0.457 e. The van der Waals surface area contributed by atoms with E-state index in [2.05, 4.69) is 6.92 Å². The van der Waals surface area contributed by atoms with Crippen molar-refractivity contribution >= 4 is 11.6 Å². The SMILES string of the molecule is CCc1ccc(Oc2ccc(C(C)O)c(Cl)c2)cc1. The number of hydrogen-bond acceptors (Lipinski definition) is 2. The standard InChI is InChI=1S/C16H17ClO2/c1-3-12-4-6-13(7-5-12)19-14-8-9-15(11(2)18)16(17)10-14/h4-11,18H,3H2,1-2H3. The smallest absolute Gasteiger partial charge is 0.128 e. The zero-order valence-corrected chi connectivity index (χ0v) is 11.8. The Morgan fingerprint density at radius 2 is 1.74 bits per heavy atom. The van der Waals surface area contributed by atoms with Crippen LogP contribution in [0.25, 0.3) is 0 Å². The average Bonchev–Trinajstić information content (AvgIpc) is 2.39. The largest absolute Gasteiger partial charge is 0.457 e. The molecule has 0 aliphatic rings. The van der Waals surface area contributed by atoms with Crippen LogP contribution in [0.2, 0.25) is 5.02 Å². The van der Waals surface area contributed by atoms with Gasteiger partial charge in [-0.05, 0) is 48.7 Å². The maximum absolute atomic E-state index is 9.52. The molecule has 0 fully saturated rings. The number of benzene rings is 2. The minimum absolute atomic E-state index is 0.512. The van der Waals surface area contributed by atoms with Crippen molar-refractivity contribution in [3.8, 4) is 11.5 Å². The second-order valence-electron chi connectivity index (χ2n) is 4.46. The summed E-state index contributed by atoms with van der Waals surface area (Å²) in [6.07, 6.45) is 0.431. The molecule has 0 amide bonds. The van der Waals surface area contributed by atoms with E-state index in [1.54, 1.807) is 19.1 Å². The topological polar surface area (TPSA) is 29.5 Å². The summed E-state index contributed by atoms with van der Waals surface area (Å²) in [5.41, 5.74) is 1.98. The lowest BCUT2D eigenvalue weighted by atomic mass is 10.1. The summed E-state index contributed by atoms with van der Waals surface area (Å²) in [7, 11) is 0. The van der Waals surface area contributed by atoms with Crippen LogP contribution in [0.15, 0.2) is 42.5 Å². The highest BCUT2D eigenvalue weighted by Crippen LogP contribution is 2.29. The van der Waals surface area contributed by atoms with Gasteiger partial charge in [0, 0.05) is 0 Å². The van der Waals surface area contributed by atoms with E-state index in [1.807, 2.05) is 30.3 Å². The van der Waals surface area contributed by atoms with Gasteiger partial charge in [-0.2, -0.15) is 0 Å². The summed E-state index contributed by atoms with van der Waals surface area (Å²) >= 11 is 6.10. The fraction of sp³-hybridized carbons (Fsp3) is 0.250. The van der Waals surface area contributed by atoms with Crippen molar-refractivity contribution in [1.29, 1.82) is 0 Å². The van der Waals surface area contributed by atoms with Crippen LogP contribution in [0.1, 0.15) is 31.1 Å². The maximum atomic E-state index is 9.52. The van der Waals surface area contributed by atoms with Crippen LogP contribution in [-0.2, 0) is 6.42 Å². The van der Waals surface area contributed by atoms with Gasteiger partial charge in [-0.3, -0.25) is 0 Å². The van der Waals surface area contributed by atoms with Crippen molar-refractivity contribution in [1.82, 2.24) is 0 Å². The molecule has 100 valence electrons. The first-order valence-electron chi connectivity index (χ1n) is 6.34. The number of aryl methyl sites for hydroxylation is 1. The third kappa shape index (κ3) is 3.49. The van der Waals surface area contributed by atoms with Crippen molar-refractivity contribution in [3.63, 3.8) is 0 Å². The summed E-state index contributed by atoms with van der Waals surface area (Å²) in [5.74, 6) is 1.44. The number of hydrogen-bond donors (Lipinski definition) is 1. The second-order valence-corrected chi connectivity index (χ2v) is 4.87. The van der Waals surface area contributed by atoms with Crippen molar-refractivity contribution in [2.24, 2.45) is 0 Å². The molecule has 0 bridgehead atoms.